The van der Waals surface area contributed by atoms with Crippen molar-refractivity contribution >= 4 is 29.7 Å². The van der Waals surface area contributed by atoms with E-state index in [9.17, 15) is 4.79 Å². The quantitative estimate of drug-likeness (QED) is 0.869. The maximum Gasteiger partial charge on any atom is 0.227 e. The van der Waals surface area contributed by atoms with Crippen LogP contribution in [0.2, 0.25) is 0 Å². The predicted molar refractivity (Wildman–Crippen MR) is 89.2 cm³/mol. The first-order chi connectivity index (χ1) is 9.55. The summed E-state index contributed by atoms with van der Waals surface area (Å²) in [6.45, 7) is 5.80. The lowest BCUT2D eigenvalue weighted by molar-refractivity contribution is -0.136. The molecular weight excluding hydrogens is 308 g/mol. The van der Waals surface area contributed by atoms with Crippen LogP contribution in [-0.2, 0) is 16.0 Å². The zero-order chi connectivity index (χ0) is 14.6. The van der Waals surface area contributed by atoms with Crippen molar-refractivity contribution in [1.29, 1.82) is 0 Å². The number of hydrogen-bond donors (Lipinski definition) is 2. The molecule has 0 aliphatic carbocycles. The number of aryl methyl sites for hydroxylation is 1. The molecule has 120 valence electrons. The average Bonchev–Trinajstić information content (AvgIpc) is 2.84. The van der Waals surface area contributed by atoms with E-state index in [0.717, 1.165) is 19.3 Å². The molecule has 1 aromatic rings. The summed E-state index contributed by atoms with van der Waals surface area (Å²) < 4.78 is 5.35. The first-order valence-corrected chi connectivity index (χ1v) is 8.01. The highest BCUT2D eigenvalue weighted by Gasteiger charge is 2.39. The summed E-state index contributed by atoms with van der Waals surface area (Å²) in [5.41, 5.74) is 5.42. The number of carbonyl (C=O) groups is 1. The third-order valence-electron chi connectivity index (χ3n) is 4.00. The highest BCUT2D eigenvalue weighted by atomic mass is 35.5. The van der Waals surface area contributed by atoms with E-state index in [1.54, 1.807) is 11.3 Å². The van der Waals surface area contributed by atoms with Crippen molar-refractivity contribution in [3.63, 3.8) is 0 Å². The van der Waals surface area contributed by atoms with Gasteiger partial charge in [-0.15, -0.1) is 23.7 Å². The van der Waals surface area contributed by atoms with Crippen LogP contribution in [0.15, 0.2) is 12.1 Å². The van der Waals surface area contributed by atoms with Crippen LogP contribution in [0.4, 0.5) is 0 Å². The van der Waals surface area contributed by atoms with Crippen molar-refractivity contribution < 1.29 is 9.53 Å². The molecule has 0 bridgehead atoms. The van der Waals surface area contributed by atoms with Crippen molar-refractivity contribution in [3.8, 4) is 0 Å². The molecule has 1 aliphatic heterocycles. The third kappa shape index (κ3) is 4.68. The number of rotatable bonds is 5. The summed E-state index contributed by atoms with van der Waals surface area (Å²) in [6.07, 6.45) is 2.32. The normalized spacial score (nSPS) is 18.6. The number of carbonyl (C=O) groups excluding carboxylic acids is 1. The van der Waals surface area contributed by atoms with Crippen LogP contribution in [0, 0.1) is 12.3 Å². The van der Waals surface area contributed by atoms with E-state index in [1.807, 2.05) is 0 Å². The lowest BCUT2D eigenvalue weighted by Crippen LogP contribution is -2.51. The summed E-state index contributed by atoms with van der Waals surface area (Å²) in [5.74, 6) is 0.0871. The fourth-order valence-electron chi connectivity index (χ4n) is 2.61. The molecule has 2 rings (SSSR count). The van der Waals surface area contributed by atoms with E-state index in [1.165, 1.54) is 9.75 Å². The molecule has 0 spiro atoms. The maximum atomic E-state index is 12.5. The van der Waals surface area contributed by atoms with Gasteiger partial charge in [0.2, 0.25) is 5.91 Å². The number of thiophene rings is 1. The van der Waals surface area contributed by atoms with Gasteiger partial charge in [-0.1, -0.05) is 0 Å². The molecule has 1 aromatic heterocycles. The minimum atomic E-state index is -0.433. The lowest BCUT2D eigenvalue weighted by atomic mass is 9.79. The molecule has 4 nitrogen and oxygen atoms in total. The second-order valence-electron chi connectivity index (χ2n) is 5.69. The van der Waals surface area contributed by atoms with Gasteiger partial charge in [0.1, 0.15) is 0 Å². The minimum absolute atomic E-state index is 0. The Hall–Kier alpha value is -0.620. The van der Waals surface area contributed by atoms with Crippen LogP contribution in [-0.4, -0.2) is 31.7 Å². The van der Waals surface area contributed by atoms with Gasteiger partial charge in [0.15, 0.2) is 0 Å². The van der Waals surface area contributed by atoms with Crippen molar-refractivity contribution in [2.45, 2.75) is 39.2 Å². The molecule has 0 saturated carbocycles. The van der Waals surface area contributed by atoms with Crippen LogP contribution in [0.1, 0.15) is 29.5 Å². The molecule has 1 atom stereocenters. The van der Waals surface area contributed by atoms with Crippen LogP contribution < -0.4 is 11.1 Å². The fourth-order valence-corrected chi connectivity index (χ4v) is 3.63. The zero-order valence-corrected chi connectivity index (χ0v) is 14.3. The van der Waals surface area contributed by atoms with E-state index in [4.69, 9.17) is 10.5 Å². The Morgan fingerprint density at radius 1 is 1.48 bits per heavy atom. The fraction of sp³-hybridized carbons (Fsp3) is 0.667. The Balaban J connectivity index is 0.00000220. The lowest BCUT2D eigenvalue weighted by Gasteiger charge is -2.35. The number of hydrogen-bond acceptors (Lipinski definition) is 4. The highest BCUT2D eigenvalue weighted by Crippen LogP contribution is 2.29. The zero-order valence-electron chi connectivity index (χ0n) is 12.7. The number of halogens is 1. The Morgan fingerprint density at radius 3 is 2.67 bits per heavy atom. The molecular formula is C15H25ClN2O2S. The first-order valence-electron chi connectivity index (χ1n) is 7.20. The van der Waals surface area contributed by atoms with Gasteiger partial charge < -0.3 is 15.8 Å². The number of ether oxygens (including phenoxy) is 1. The molecule has 1 unspecified atom stereocenters. The highest BCUT2D eigenvalue weighted by molar-refractivity contribution is 7.11. The standard InChI is InChI=1S/C15H24N2O2S.ClH/c1-11(9-13-4-3-12(2)20-13)17-14(18)15(10-16)5-7-19-8-6-15;/h3-4,11H,5-10,16H2,1-2H3,(H,17,18);1H. The molecule has 2 heterocycles. The number of nitrogens with two attached hydrogens (primary N) is 1. The molecule has 0 radical (unpaired) electrons. The van der Waals surface area contributed by atoms with Crippen molar-refractivity contribution in [1.82, 2.24) is 5.32 Å². The Morgan fingerprint density at radius 2 is 2.14 bits per heavy atom. The van der Waals surface area contributed by atoms with Crippen LogP contribution in [0.3, 0.4) is 0 Å². The van der Waals surface area contributed by atoms with Crippen LogP contribution in [0.25, 0.3) is 0 Å². The van der Waals surface area contributed by atoms with E-state index in [2.05, 4.69) is 31.3 Å². The van der Waals surface area contributed by atoms with Gasteiger partial charge in [-0.3, -0.25) is 4.79 Å². The summed E-state index contributed by atoms with van der Waals surface area (Å²) in [5, 5.41) is 3.13. The Kier molecular flexibility index (Phi) is 7.13. The number of nitrogens with one attached hydrogen (secondary N) is 1. The van der Waals surface area contributed by atoms with Crippen molar-refractivity contribution in [2.75, 3.05) is 19.8 Å². The molecule has 3 N–H and O–H groups in total. The van der Waals surface area contributed by atoms with Gasteiger partial charge in [0, 0.05) is 42.0 Å². The SMILES string of the molecule is Cc1ccc(CC(C)NC(=O)C2(CN)CCOCC2)s1.Cl. The van der Waals surface area contributed by atoms with Gasteiger partial charge in [-0.05, 0) is 38.8 Å². The van der Waals surface area contributed by atoms with E-state index in [0.29, 0.717) is 19.8 Å². The predicted octanol–water partition coefficient (Wildman–Crippen LogP) is 2.28. The molecule has 1 fully saturated rings. The first kappa shape index (κ1) is 18.4. The summed E-state index contributed by atoms with van der Waals surface area (Å²) in [4.78, 5) is 15.1. The molecule has 1 amide bonds. The largest absolute Gasteiger partial charge is 0.381 e. The Bertz CT molecular complexity index is 458. The molecule has 6 heteroatoms. The minimum Gasteiger partial charge on any atom is -0.381 e. The summed E-state index contributed by atoms with van der Waals surface area (Å²) in [6, 6.07) is 4.39. The van der Waals surface area contributed by atoms with Crippen LogP contribution >= 0.6 is 23.7 Å². The molecule has 0 aromatic carbocycles. The topological polar surface area (TPSA) is 64.4 Å². The van der Waals surface area contributed by atoms with E-state index in [-0.39, 0.29) is 24.4 Å². The average molecular weight is 333 g/mol. The second-order valence-corrected chi connectivity index (χ2v) is 7.06. The molecule has 1 aliphatic rings. The molecule has 21 heavy (non-hydrogen) atoms. The Labute approximate surface area is 136 Å². The molecule has 1 saturated heterocycles. The third-order valence-corrected chi connectivity index (χ3v) is 5.03. The van der Waals surface area contributed by atoms with Gasteiger partial charge in [-0.2, -0.15) is 0 Å². The van der Waals surface area contributed by atoms with Crippen molar-refractivity contribution in [2.24, 2.45) is 11.1 Å². The van der Waals surface area contributed by atoms with Gasteiger partial charge in [0.25, 0.3) is 0 Å². The number of amides is 1. The summed E-state index contributed by atoms with van der Waals surface area (Å²) >= 11 is 1.79. The smallest absolute Gasteiger partial charge is 0.227 e. The van der Waals surface area contributed by atoms with Gasteiger partial charge in [0.05, 0.1) is 5.41 Å². The van der Waals surface area contributed by atoms with E-state index >= 15 is 0 Å². The van der Waals surface area contributed by atoms with Crippen molar-refractivity contribution in [3.05, 3.63) is 21.9 Å². The monoisotopic (exact) mass is 332 g/mol. The summed E-state index contributed by atoms with van der Waals surface area (Å²) in [7, 11) is 0. The van der Waals surface area contributed by atoms with E-state index < -0.39 is 5.41 Å². The second kappa shape index (κ2) is 8.13. The van der Waals surface area contributed by atoms with Gasteiger partial charge >= 0.3 is 0 Å². The van der Waals surface area contributed by atoms with Crippen LogP contribution in [0.5, 0.6) is 0 Å². The van der Waals surface area contributed by atoms with Gasteiger partial charge in [-0.25, -0.2) is 0 Å². The maximum absolute atomic E-state index is 12.5.